The highest BCUT2D eigenvalue weighted by molar-refractivity contribution is 6.92. The highest BCUT2D eigenvalue weighted by atomic mass is 16.5. The summed E-state index contributed by atoms with van der Waals surface area (Å²) in [5, 5.41) is 0. The van der Waals surface area contributed by atoms with Gasteiger partial charge in [-0.3, -0.25) is 0 Å². The maximum absolute atomic E-state index is 7.04. The fourth-order valence-corrected chi connectivity index (χ4v) is 9.08. The molecule has 0 radical (unpaired) electrons. The van der Waals surface area contributed by atoms with Crippen LogP contribution in [0.4, 0.5) is 0 Å². The lowest BCUT2D eigenvalue weighted by atomic mass is 9.41. The molecular formula is C41H30B4N4O2. The summed E-state index contributed by atoms with van der Waals surface area (Å²) in [7, 11) is 0. The second-order valence-electron chi connectivity index (χ2n) is 13.7. The molecule has 7 aliphatic rings. The molecule has 0 aromatic heterocycles. The lowest BCUT2D eigenvalue weighted by Crippen LogP contribution is -2.73. The van der Waals surface area contributed by atoms with Crippen LogP contribution < -0.4 is 9.47 Å². The normalized spacial score (nSPS) is 19.1. The van der Waals surface area contributed by atoms with Crippen LogP contribution in [0.2, 0.25) is 0 Å². The van der Waals surface area contributed by atoms with Crippen molar-refractivity contribution in [1.29, 1.82) is 0 Å². The number of nitrogens with zero attached hydrogens (tertiary/aromatic N) is 4. The molecule has 6 nitrogen and oxygen atoms in total. The number of rotatable bonds is 1. The first kappa shape index (κ1) is 28.7. The van der Waals surface area contributed by atoms with Crippen molar-refractivity contribution in [2.24, 2.45) is 0 Å². The lowest BCUT2D eigenvalue weighted by Gasteiger charge is -2.53. The molecule has 0 saturated carbocycles. The highest BCUT2D eigenvalue weighted by Crippen LogP contribution is 2.62. The van der Waals surface area contributed by atoms with Gasteiger partial charge in [-0.25, -0.2) is 0 Å². The van der Waals surface area contributed by atoms with E-state index in [1.807, 2.05) is 0 Å². The van der Waals surface area contributed by atoms with E-state index >= 15 is 0 Å². The first-order valence-corrected chi connectivity index (χ1v) is 17.6. The van der Waals surface area contributed by atoms with Gasteiger partial charge >= 0.3 is 27.9 Å². The maximum Gasteiger partial charge on any atom is 0.381 e. The van der Waals surface area contributed by atoms with Crippen LogP contribution in [0.5, 0.6) is 23.0 Å². The minimum atomic E-state index is -0.634. The number of para-hydroxylation sites is 4. The van der Waals surface area contributed by atoms with Crippen LogP contribution in [0.15, 0.2) is 182 Å². The molecule has 1 spiro atoms. The quantitative estimate of drug-likeness (QED) is 0.169. The number of benzene rings is 4. The van der Waals surface area contributed by atoms with E-state index in [-0.39, 0.29) is 27.9 Å². The number of hydrogen-bond donors (Lipinski definition) is 0. The number of fused-ring (bicyclic) bond motifs is 16. The van der Waals surface area contributed by atoms with E-state index in [1.54, 1.807) is 0 Å². The van der Waals surface area contributed by atoms with Crippen molar-refractivity contribution in [3.63, 3.8) is 0 Å². The molecule has 4 aromatic rings. The fourth-order valence-electron chi connectivity index (χ4n) is 9.08. The molecule has 1 saturated heterocycles. The van der Waals surface area contributed by atoms with Gasteiger partial charge in [-0.15, -0.1) is 0 Å². The van der Waals surface area contributed by atoms with E-state index in [0.717, 1.165) is 56.4 Å². The lowest BCUT2D eigenvalue weighted by molar-refractivity contribution is 0.398. The molecule has 7 aliphatic heterocycles. The van der Waals surface area contributed by atoms with E-state index in [1.165, 1.54) is 0 Å². The predicted molar refractivity (Wildman–Crippen MR) is 207 cm³/mol. The summed E-state index contributed by atoms with van der Waals surface area (Å²) in [5.41, 5.74) is 5.98. The average molecular weight is 654 g/mol. The molecule has 238 valence electrons. The minimum absolute atomic E-state index is 0.0179. The molecule has 10 heteroatoms. The van der Waals surface area contributed by atoms with E-state index in [2.05, 4.69) is 201 Å². The topological polar surface area (TPSA) is 31.4 Å². The second kappa shape index (κ2) is 10.9. The van der Waals surface area contributed by atoms with Crippen LogP contribution in [0, 0.1) is 0 Å². The molecular weight excluding hydrogens is 624 g/mol. The standard InChI is InChI=1S/C41H30B4N4O2/c1-4-19-37-33(15-1)41(34-16-2-5-20-38(34)50-37)35-17-3-6-21-39(35)51-40-32(14-13-18-36(40)41)31-22-29-49-44-25-8-11-27-47(44)42-23-7-10-26-46(42)43-24-9-12-28-48(43)45(49)30-31/h1-30H. The van der Waals surface area contributed by atoms with E-state index < -0.39 is 5.41 Å². The Hall–Kier alpha value is -6.14. The van der Waals surface area contributed by atoms with Crippen LogP contribution in [-0.2, 0) is 5.41 Å². The molecule has 4 aromatic carbocycles. The van der Waals surface area contributed by atoms with Crippen molar-refractivity contribution >= 4 is 33.5 Å². The van der Waals surface area contributed by atoms with Gasteiger partial charge < -0.3 is 28.4 Å². The summed E-state index contributed by atoms with van der Waals surface area (Å²) in [6.45, 7) is 0.0273. The Morgan fingerprint density at radius 2 is 0.902 bits per heavy atom. The Bertz CT molecular complexity index is 2290. The van der Waals surface area contributed by atoms with Crippen LogP contribution in [0.25, 0.3) is 5.57 Å². The van der Waals surface area contributed by atoms with Gasteiger partial charge in [-0.1, -0.05) is 115 Å². The van der Waals surface area contributed by atoms with Crippen LogP contribution >= 0.6 is 0 Å². The van der Waals surface area contributed by atoms with Crippen LogP contribution in [0.3, 0.4) is 0 Å². The molecule has 11 rings (SSSR count). The Morgan fingerprint density at radius 3 is 1.47 bits per heavy atom. The largest absolute Gasteiger partial charge is 0.457 e. The number of allylic oxidation sites excluding steroid dienone is 8. The van der Waals surface area contributed by atoms with Gasteiger partial charge in [0.15, 0.2) is 0 Å². The Kier molecular flexibility index (Phi) is 6.14. The maximum atomic E-state index is 7.04. The summed E-state index contributed by atoms with van der Waals surface area (Å²) >= 11 is 0. The van der Waals surface area contributed by atoms with E-state index in [0.29, 0.717) is 0 Å². The van der Waals surface area contributed by atoms with Crippen LogP contribution in [0.1, 0.15) is 27.8 Å². The van der Waals surface area contributed by atoms with Gasteiger partial charge in [-0.2, -0.15) is 0 Å². The molecule has 51 heavy (non-hydrogen) atoms. The first-order valence-electron chi connectivity index (χ1n) is 17.6. The Balaban J connectivity index is 1.12. The van der Waals surface area contributed by atoms with Crippen molar-refractivity contribution < 1.29 is 9.47 Å². The van der Waals surface area contributed by atoms with E-state index in [9.17, 15) is 0 Å². The smallest absolute Gasteiger partial charge is 0.381 e. The summed E-state index contributed by atoms with van der Waals surface area (Å²) < 4.78 is 23.4. The predicted octanol–water partition coefficient (Wildman–Crippen LogP) is 7.77. The van der Waals surface area contributed by atoms with Crippen molar-refractivity contribution in [2.75, 3.05) is 0 Å². The molecule has 0 N–H and O–H groups in total. The zero-order chi connectivity index (χ0) is 33.5. The molecule has 1 fully saturated rings. The second-order valence-corrected chi connectivity index (χ2v) is 13.7. The molecule has 0 aliphatic carbocycles. The summed E-state index contributed by atoms with van der Waals surface area (Å²) in [4.78, 5) is 0. The van der Waals surface area contributed by atoms with Gasteiger partial charge in [0.05, 0.1) is 5.41 Å². The van der Waals surface area contributed by atoms with Crippen molar-refractivity contribution in [1.82, 2.24) is 18.9 Å². The first-order chi connectivity index (χ1) is 25.3. The monoisotopic (exact) mass is 654 g/mol. The van der Waals surface area contributed by atoms with Crippen molar-refractivity contribution in [3.05, 3.63) is 210 Å². The molecule has 7 heterocycles. The molecule has 0 unspecified atom stereocenters. The van der Waals surface area contributed by atoms with Gasteiger partial charge in [0.25, 0.3) is 0 Å². The third-order valence-electron chi connectivity index (χ3n) is 11.2. The van der Waals surface area contributed by atoms with Gasteiger partial charge in [-0.05, 0) is 72.9 Å². The fraction of sp³-hybridized carbons (Fsp3) is 0.0244. The molecule has 0 bridgehead atoms. The van der Waals surface area contributed by atoms with Crippen molar-refractivity contribution in [2.45, 2.75) is 5.41 Å². The van der Waals surface area contributed by atoms with Gasteiger partial charge in [0.2, 0.25) is 0 Å². The summed E-state index contributed by atoms with van der Waals surface area (Å²) in [5.74, 6) is 12.7. The summed E-state index contributed by atoms with van der Waals surface area (Å²) in [6.07, 6.45) is 24.1. The Labute approximate surface area is 299 Å². The average Bonchev–Trinajstić information content (AvgIpc) is 3.20. The third-order valence-corrected chi connectivity index (χ3v) is 11.2. The highest BCUT2D eigenvalue weighted by Gasteiger charge is 2.52. The molecule has 0 amide bonds. The van der Waals surface area contributed by atoms with Gasteiger partial charge in [0.1, 0.15) is 23.0 Å². The molecule has 0 atom stereocenters. The zero-order valence-corrected chi connectivity index (χ0v) is 27.7. The third kappa shape index (κ3) is 3.99. The van der Waals surface area contributed by atoms with Crippen LogP contribution in [-0.4, -0.2) is 46.8 Å². The number of hydrogen-bond acceptors (Lipinski definition) is 6. The van der Waals surface area contributed by atoms with Gasteiger partial charge in [0, 0.05) is 27.8 Å². The van der Waals surface area contributed by atoms with E-state index in [4.69, 9.17) is 9.47 Å². The summed E-state index contributed by atoms with van der Waals surface area (Å²) in [6, 6.07) is 32.0. The SMILES string of the molecule is C1=CB2N(C=C1)B1C=CC=CN1B1C=C(c3cccc4c3Oc3ccccc3C43c4ccccc4Oc4ccccc43)C=CN1B1C=CC=CN21. The Morgan fingerprint density at radius 1 is 0.431 bits per heavy atom. The van der Waals surface area contributed by atoms with Crippen molar-refractivity contribution in [3.8, 4) is 23.0 Å². The minimum Gasteiger partial charge on any atom is -0.457 e. The zero-order valence-electron chi connectivity index (χ0n) is 27.7. The number of ether oxygens (including phenoxy) is 2.